The molecule has 2 aromatic rings. The molecule has 152 valence electrons. The van der Waals surface area contributed by atoms with Gasteiger partial charge in [-0.3, -0.25) is 0 Å². The van der Waals surface area contributed by atoms with E-state index in [2.05, 4.69) is 37.3 Å². The third kappa shape index (κ3) is 4.86. The predicted molar refractivity (Wildman–Crippen MR) is 117 cm³/mol. The lowest BCUT2D eigenvalue weighted by Crippen LogP contribution is -2.37. The monoisotopic (exact) mass is 498 g/mol. The summed E-state index contributed by atoms with van der Waals surface area (Å²) in [5.41, 5.74) is 1.08. The Morgan fingerprint density at radius 2 is 2.04 bits per heavy atom. The van der Waals surface area contributed by atoms with E-state index in [9.17, 15) is 0 Å². The lowest BCUT2D eigenvalue weighted by atomic mass is 10.2. The molecule has 2 N–H and O–H groups in total. The van der Waals surface area contributed by atoms with Gasteiger partial charge in [-0.05, 0) is 37.5 Å². The van der Waals surface area contributed by atoms with Gasteiger partial charge in [-0.15, -0.1) is 34.2 Å². The number of guanidine groups is 1. The molecule has 0 bridgehead atoms. The molecule has 0 amide bonds. The number of halogens is 1. The minimum absolute atomic E-state index is 0. The minimum atomic E-state index is 0. The van der Waals surface area contributed by atoms with Crippen LogP contribution in [0.3, 0.4) is 0 Å². The standard InChI is InChI=1S/C19H26N6O2.HI/c1-2-20-19(21-11-14-7-8-15-16(10-14)27-13-26-15)22-12-18-24-23-17-6-4-3-5-9-25(17)18;/h7-8,10H,2-6,9,11-13H2,1H3,(H2,20,21,22);1H. The largest absolute Gasteiger partial charge is 0.454 e. The number of nitrogens with zero attached hydrogens (tertiary/aromatic N) is 4. The highest BCUT2D eigenvalue weighted by atomic mass is 127. The van der Waals surface area contributed by atoms with E-state index in [1.54, 1.807) is 0 Å². The van der Waals surface area contributed by atoms with Crippen molar-refractivity contribution in [3.63, 3.8) is 0 Å². The summed E-state index contributed by atoms with van der Waals surface area (Å²) in [6, 6.07) is 5.92. The Morgan fingerprint density at radius 1 is 1.14 bits per heavy atom. The SMILES string of the molecule is CCNC(=NCc1ccc2c(c1)OCO2)NCc1nnc2n1CCCCC2.I. The van der Waals surface area contributed by atoms with Crippen molar-refractivity contribution in [3.8, 4) is 11.5 Å². The molecule has 0 saturated carbocycles. The summed E-state index contributed by atoms with van der Waals surface area (Å²) in [5.74, 6) is 4.42. The number of nitrogens with one attached hydrogen (secondary N) is 2. The maximum Gasteiger partial charge on any atom is 0.231 e. The highest BCUT2D eigenvalue weighted by Crippen LogP contribution is 2.32. The van der Waals surface area contributed by atoms with Crippen LogP contribution in [0.5, 0.6) is 11.5 Å². The molecule has 0 spiro atoms. The smallest absolute Gasteiger partial charge is 0.231 e. The summed E-state index contributed by atoms with van der Waals surface area (Å²) in [7, 11) is 0. The van der Waals surface area contributed by atoms with Crippen molar-refractivity contribution >= 4 is 29.9 Å². The summed E-state index contributed by atoms with van der Waals surface area (Å²) in [4.78, 5) is 4.68. The summed E-state index contributed by atoms with van der Waals surface area (Å²) in [6.45, 7) is 5.31. The fourth-order valence-electron chi connectivity index (χ4n) is 3.39. The maximum absolute atomic E-state index is 5.43. The number of benzene rings is 1. The molecule has 3 heterocycles. The van der Waals surface area contributed by atoms with Crippen molar-refractivity contribution in [2.45, 2.75) is 52.2 Å². The third-order valence-electron chi connectivity index (χ3n) is 4.80. The predicted octanol–water partition coefficient (Wildman–Crippen LogP) is 2.61. The molecule has 4 rings (SSSR count). The average molecular weight is 498 g/mol. The summed E-state index contributed by atoms with van der Waals surface area (Å²) >= 11 is 0. The Bertz CT molecular complexity index is 823. The number of aryl methyl sites for hydroxylation is 1. The van der Waals surface area contributed by atoms with E-state index in [1.165, 1.54) is 19.3 Å². The van der Waals surface area contributed by atoms with Crippen LogP contribution < -0.4 is 20.1 Å². The zero-order chi connectivity index (χ0) is 18.5. The van der Waals surface area contributed by atoms with Gasteiger partial charge >= 0.3 is 0 Å². The second-order valence-electron chi connectivity index (χ2n) is 6.73. The molecule has 8 nitrogen and oxygen atoms in total. The number of aromatic nitrogens is 3. The van der Waals surface area contributed by atoms with Crippen LogP contribution in [0.1, 0.15) is 43.4 Å². The van der Waals surface area contributed by atoms with Crippen LogP contribution in [-0.4, -0.2) is 34.1 Å². The van der Waals surface area contributed by atoms with Crippen molar-refractivity contribution < 1.29 is 9.47 Å². The van der Waals surface area contributed by atoms with Gasteiger partial charge in [0.05, 0.1) is 13.1 Å². The minimum Gasteiger partial charge on any atom is -0.454 e. The van der Waals surface area contributed by atoms with E-state index in [0.717, 1.165) is 54.2 Å². The van der Waals surface area contributed by atoms with Crippen LogP contribution in [0.25, 0.3) is 0 Å². The van der Waals surface area contributed by atoms with Crippen LogP contribution in [0.2, 0.25) is 0 Å². The van der Waals surface area contributed by atoms with Crippen LogP contribution in [-0.2, 0) is 26.1 Å². The van der Waals surface area contributed by atoms with Gasteiger partial charge in [0.2, 0.25) is 6.79 Å². The lowest BCUT2D eigenvalue weighted by Gasteiger charge is -2.12. The topological polar surface area (TPSA) is 85.6 Å². The van der Waals surface area contributed by atoms with Gasteiger partial charge in [0, 0.05) is 19.5 Å². The fourth-order valence-corrected chi connectivity index (χ4v) is 3.39. The highest BCUT2D eigenvalue weighted by Gasteiger charge is 2.15. The normalized spacial score (nSPS) is 15.4. The van der Waals surface area contributed by atoms with Crippen LogP contribution in [0.15, 0.2) is 23.2 Å². The first-order chi connectivity index (χ1) is 13.3. The summed E-state index contributed by atoms with van der Waals surface area (Å²) in [5, 5.41) is 15.4. The van der Waals surface area contributed by atoms with Gasteiger partial charge in [-0.25, -0.2) is 4.99 Å². The van der Waals surface area contributed by atoms with Crippen LogP contribution in [0.4, 0.5) is 0 Å². The molecule has 2 aliphatic heterocycles. The second kappa shape index (κ2) is 9.94. The van der Waals surface area contributed by atoms with E-state index < -0.39 is 0 Å². The van der Waals surface area contributed by atoms with Crippen molar-refractivity contribution in [1.29, 1.82) is 0 Å². The maximum atomic E-state index is 5.43. The zero-order valence-corrected chi connectivity index (χ0v) is 18.4. The quantitative estimate of drug-likeness (QED) is 0.375. The molecule has 9 heteroatoms. The molecule has 0 aliphatic carbocycles. The Hall–Kier alpha value is -2.04. The van der Waals surface area contributed by atoms with Crippen molar-refractivity contribution in [2.75, 3.05) is 13.3 Å². The van der Waals surface area contributed by atoms with Crippen molar-refractivity contribution in [3.05, 3.63) is 35.4 Å². The number of aliphatic imine (C=N–C) groups is 1. The number of hydrogen-bond donors (Lipinski definition) is 2. The van der Waals surface area contributed by atoms with E-state index >= 15 is 0 Å². The summed E-state index contributed by atoms with van der Waals surface area (Å²) < 4.78 is 13.0. The zero-order valence-electron chi connectivity index (χ0n) is 16.1. The number of rotatable bonds is 5. The van der Waals surface area contributed by atoms with E-state index in [1.807, 2.05) is 18.2 Å². The van der Waals surface area contributed by atoms with E-state index in [-0.39, 0.29) is 30.8 Å². The highest BCUT2D eigenvalue weighted by molar-refractivity contribution is 14.0. The average Bonchev–Trinajstić information content (AvgIpc) is 3.24. The fraction of sp³-hybridized carbons (Fsp3) is 0.526. The van der Waals surface area contributed by atoms with Crippen molar-refractivity contribution in [2.24, 2.45) is 4.99 Å². The van der Waals surface area contributed by atoms with Gasteiger partial charge in [0.25, 0.3) is 0 Å². The lowest BCUT2D eigenvalue weighted by molar-refractivity contribution is 0.174. The molecule has 0 saturated heterocycles. The van der Waals surface area contributed by atoms with Gasteiger partial charge < -0.3 is 24.7 Å². The van der Waals surface area contributed by atoms with Gasteiger partial charge in [0.15, 0.2) is 23.3 Å². The molecule has 1 aromatic carbocycles. The number of ether oxygens (including phenoxy) is 2. The first kappa shape index (κ1) is 20.7. The Kier molecular flexibility index (Phi) is 7.35. The Balaban J connectivity index is 0.00000225. The van der Waals surface area contributed by atoms with Gasteiger partial charge in [-0.2, -0.15) is 0 Å². The van der Waals surface area contributed by atoms with Crippen molar-refractivity contribution in [1.82, 2.24) is 25.4 Å². The Morgan fingerprint density at radius 3 is 2.93 bits per heavy atom. The molecule has 1 aromatic heterocycles. The molecule has 0 atom stereocenters. The van der Waals surface area contributed by atoms with Gasteiger partial charge in [-0.1, -0.05) is 12.5 Å². The molecule has 28 heavy (non-hydrogen) atoms. The molecular formula is C19H27IN6O2. The molecular weight excluding hydrogens is 471 g/mol. The third-order valence-corrected chi connectivity index (χ3v) is 4.80. The van der Waals surface area contributed by atoms with Crippen LogP contribution >= 0.6 is 24.0 Å². The molecule has 0 unspecified atom stereocenters. The summed E-state index contributed by atoms with van der Waals surface area (Å²) in [6.07, 6.45) is 4.67. The molecule has 0 fully saturated rings. The van der Waals surface area contributed by atoms with E-state index in [4.69, 9.17) is 9.47 Å². The van der Waals surface area contributed by atoms with Crippen LogP contribution in [0, 0.1) is 0 Å². The first-order valence-electron chi connectivity index (χ1n) is 9.65. The first-order valence-corrected chi connectivity index (χ1v) is 9.65. The molecule has 0 radical (unpaired) electrons. The number of fused-ring (bicyclic) bond motifs is 2. The second-order valence-corrected chi connectivity index (χ2v) is 6.73. The number of hydrogen-bond acceptors (Lipinski definition) is 5. The Labute approximate surface area is 182 Å². The van der Waals surface area contributed by atoms with Gasteiger partial charge in [0.1, 0.15) is 5.82 Å². The van der Waals surface area contributed by atoms with E-state index in [0.29, 0.717) is 13.1 Å². The molecule has 2 aliphatic rings.